The predicted molar refractivity (Wildman–Crippen MR) is 54.9 cm³/mol. The minimum absolute atomic E-state index is 0.324. The quantitative estimate of drug-likeness (QED) is 0.715. The van der Waals surface area contributed by atoms with Crippen LogP contribution in [0.5, 0.6) is 0 Å². The molecule has 3 nitrogen and oxygen atoms in total. The third-order valence-electron chi connectivity index (χ3n) is 1.50. The van der Waals surface area contributed by atoms with Gasteiger partial charge in [-0.25, -0.2) is 4.79 Å². The first-order valence-corrected chi connectivity index (χ1v) is 4.81. The van der Waals surface area contributed by atoms with Gasteiger partial charge in [0.1, 0.15) is 4.88 Å². The summed E-state index contributed by atoms with van der Waals surface area (Å²) in [5, 5.41) is 8.30. The summed E-state index contributed by atoms with van der Waals surface area (Å²) >= 11 is 1.35. The van der Waals surface area contributed by atoms with Gasteiger partial charge in [0.25, 0.3) is 0 Å². The number of hydrogen-bond donors (Lipinski definition) is 0. The van der Waals surface area contributed by atoms with E-state index in [2.05, 4.69) is 4.74 Å². The van der Waals surface area contributed by atoms with Gasteiger partial charge in [-0.1, -0.05) is 6.08 Å². The van der Waals surface area contributed by atoms with E-state index in [4.69, 9.17) is 5.26 Å². The van der Waals surface area contributed by atoms with Gasteiger partial charge in [0, 0.05) is 4.88 Å². The van der Waals surface area contributed by atoms with Crippen LogP contribution in [0.4, 0.5) is 0 Å². The van der Waals surface area contributed by atoms with E-state index >= 15 is 0 Å². The molecule has 4 heteroatoms. The third kappa shape index (κ3) is 2.71. The Kier molecular flexibility index (Phi) is 3.89. The van der Waals surface area contributed by atoms with Gasteiger partial charge >= 0.3 is 5.97 Å². The van der Waals surface area contributed by atoms with Crippen molar-refractivity contribution >= 4 is 23.4 Å². The number of hydrogen-bond acceptors (Lipinski definition) is 4. The standard InChI is InChI=1S/C10H9NO2S/c1-13-10(12)9-6-5-8(14-9)4-2-3-7-11/h2,4-6H,3H2,1H3. The van der Waals surface area contributed by atoms with Gasteiger partial charge in [-0.05, 0) is 18.2 Å². The van der Waals surface area contributed by atoms with Crippen molar-refractivity contribution in [2.75, 3.05) is 7.11 Å². The molecule has 0 saturated carbocycles. The molecule has 72 valence electrons. The molecule has 0 bridgehead atoms. The lowest BCUT2D eigenvalue weighted by molar-refractivity contribution is 0.0606. The molecule has 1 heterocycles. The van der Waals surface area contributed by atoms with Crippen molar-refractivity contribution in [2.45, 2.75) is 6.42 Å². The van der Waals surface area contributed by atoms with Crippen molar-refractivity contribution in [3.8, 4) is 6.07 Å². The number of allylic oxidation sites excluding steroid dienone is 1. The zero-order valence-electron chi connectivity index (χ0n) is 7.69. The number of methoxy groups -OCH3 is 1. The highest BCUT2D eigenvalue weighted by molar-refractivity contribution is 7.14. The monoisotopic (exact) mass is 207 g/mol. The lowest BCUT2D eigenvalue weighted by Crippen LogP contribution is -1.96. The van der Waals surface area contributed by atoms with E-state index in [9.17, 15) is 4.79 Å². The summed E-state index contributed by atoms with van der Waals surface area (Å²) in [6.07, 6.45) is 3.96. The Morgan fingerprint density at radius 2 is 2.50 bits per heavy atom. The van der Waals surface area contributed by atoms with Crippen molar-refractivity contribution in [2.24, 2.45) is 0 Å². The molecular formula is C10H9NO2S. The second kappa shape index (κ2) is 5.20. The fourth-order valence-corrected chi connectivity index (χ4v) is 1.74. The molecule has 0 aliphatic carbocycles. The number of carbonyl (C=O) groups excluding carboxylic acids is 1. The van der Waals surface area contributed by atoms with Gasteiger partial charge in [-0.3, -0.25) is 0 Å². The molecule has 1 aromatic heterocycles. The first-order valence-electron chi connectivity index (χ1n) is 3.99. The molecule has 1 rings (SSSR count). The maximum absolute atomic E-state index is 11.1. The smallest absolute Gasteiger partial charge is 0.348 e. The Hall–Kier alpha value is -1.60. The van der Waals surface area contributed by atoms with E-state index < -0.39 is 0 Å². The summed E-state index contributed by atoms with van der Waals surface area (Å²) in [6, 6.07) is 5.54. The summed E-state index contributed by atoms with van der Waals surface area (Å²) in [6.45, 7) is 0. The van der Waals surface area contributed by atoms with Gasteiger partial charge in [0.2, 0.25) is 0 Å². The maximum atomic E-state index is 11.1. The summed E-state index contributed by atoms with van der Waals surface area (Å²) in [7, 11) is 1.35. The zero-order valence-corrected chi connectivity index (χ0v) is 8.50. The number of nitrogens with zero attached hydrogens (tertiary/aromatic N) is 1. The molecule has 0 amide bonds. The summed E-state index contributed by atoms with van der Waals surface area (Å²) in [4.78, 5) is 12.6. The Bertz CT molecular complexity index is 387. The second-order valence-corrected chi connectivity index (χ2v) is 3.57. The van der Waals surface area contributed by atoms with Crippen LogP contribution in [-0.2, 0) is 4.74 Å². The third-order valence-corrected chi connectivity index (χ3v) is 2.54. The average Bonchev–Trinajstić information content (AvgIpc) is 2.66. The summed E-state index contributed by atoms with van der Waals surface area (Å²) in [5.74, 6) is -0.324. The number of esters is 1. The van der Waals surface area contributed by atoms with E-state index in [-0.39, 0.29) is 5.97 Å². The van der Waals surface area contributed by atoms with E-state index in [1.54, 1.807) is 12.1 Å². The van der Waals surface area contributed by atoms with Crippen LogP contribution in [0.15, 0.2) is 18.2 Å². The van der Waals surface area contributed by atoms with Gasteiger partial charge in [0.05, 0.1) is 19.6 Å². The number of nitriles is 1. The topological polar surface area (TPSA) is 50.1 Å². The second-order valence-electron chi connectivity index (χ2n) is 2.46. The van der Waals surface area contributed by atoms with Crippen LogP contribution in [0, 0.1) is 11.3 Å². The first kappa shape index (κ1) is 10.5. The molecule has 0 spiro atoms. The molecule has 0 radical (unpaired) electrons. The fourth-order valence-electron chi connectivity index (χ4n) is 0.880. The molecule has 0 unspecified atom stereocenters. The minimum Gasteiger partial charge on any atom is -0.465 e. The molecule has 0 aliphatic rings. The Labute approximate surface area is 86.2 Å². The van der Waals surface area contributed by atoms with Gasteiger partial charge in [-0.2, -0.15) is 5.26 Å². The average molecular weight is 207 g/mol. The van der Waals surface area contributed by atoms with E-state index in [1.165, 1.54) is 18.4 Å². The van der Waals surface area contributed by atoms with Gasteiger partial charge < -0.3 is 4.74 Å². The van der Waals surface area contributed by atoms with Crippen molar-refractivity contribution < 1.29 is 9.53 Å². The number of carbonyl (C=O) groups is 1. The number of ether oxygens (including phenoxy) is 1. The van der Waals surface area contributed by atoms with Crippen molar-refractivity contribution in [1.29, 1.82) is 5.26 Å². The minimum atomic E-state index is -0.324. The normalized spacial score (nSPS) is 10.0. The van der Waals surface area contributed by atoms with Gasteiger partial charge in [-0.15, -0.1) is 11.3 Å². The van der Waals surface area contributed by atoms with Crippen LogP contribution in [0.2, 0.25) is 0 Å². The number of thiophene rings is 1. The lowest BCUT2D eigenvalue weighted by Gasteiger charge is -1.91. The highest BCUT2D eigenvalue weighted by Gasteiger charge is 2.06. The SMILES string of the molecule is COC(=O)c1ccc(C=CCC#N)s1. The Balaban J connectivity index is 2.69. The first-order chi connectivity index (χ1) is 6.77. The van der Waals surface area contributed by atoms with Crippen molar-refractivity contribution in [3.63, 3.8) is 0 Å². The zero-order chi connectivity index (χ0) is 10.4. The fraction of sp³-hybridized carbons (Fsp3) is 0.200. The number of rotatable bonds is 3. The van der Waals surface area contributed by atoms with E-state index in [0.29, 0.717) is 11.3 Å². The molecule has 0 N–H and O–H groups in total. The Morgan fingerprint density at radius 1 is 1.71 bits per heavy atom. The van der Waals surface area contributed by atoms with E-state index in [0.717, 1.165) is 4.88 Å². The van der Waals surface area contributed by atoms with Crippen molar-refractivity contribution in [1.82, 2.24) is 0 Å². The van der Waals surface area contributed by atoms with Gasteiger partial charge in [0.15, 0.2) is 0 Å². The van der Waals surface area contributed by atoms with Crippen LogP contribution in [0.25, 0.3) is 6.08 Å². The molecule has 1 aromatic rings. The molecular weight excluding hydrogens is 198 g/mol. The van der Waals surface area contributed by atoms with Crippen LogP contribution in [0.3, 0.4) is 0 Å². The summed E-state index contributed by atoms with van der Waals surface area (Å²) in [5.41, 5.74) is 0. The summed E-state index contributed by atoms with van der Waals surface area (Å²) < 4.78 is 4.57. The predicted octanol–water partition coefficient (Wildman–Crippen LogP) is 2.46. The highest BCUT2D eigenvalue weighted by Crippen LogP contribution is 2.18. The molecule has 0 aliphatic heterocycles. The lowest BCUT2D eigenvalue weighted by atomic mass is 10.3. The maximum Gasteiger partial charge on any atom is 0.348 e. The van der Waals surface area contributed by atoms with E-state index in [1.807, 2.05) is 18.2 Å². The molecule has 0 aromatic carbocycles. The largest absolute Gasteiger partial charge is 0.465 e. The molecule has 14 heavy (non-hydrogen) atoms. The highest BCUT2D eigenvalue weighted by atomic mass is 32.1. The van der Waals surface area contributed by atoms with Crippen LogP contribution in [0.1, 0.15) is 21.0 Å². The molecule has 0 fully saturated rings. The van der Waals surface area contributed by atoms with Crippen molar-refractivity contribution in [3.05, 3.63) is 28.0 Å². The molecule has 0 saturated heterocycles. The van der Waals surface area contributed by atoms with Crippen LogP contribution < -0.4 is 0 Å². The van der Waals surface area contributed by atoms with Crippen LogP contribution in [-0.4, -0.2) is 13.1 Å². The van der Waals surface area contributed by atoms with Crippen LogP contribution >= 0.6 is 11.3 Å². The Morgan fingerprint density at radius 3 is 3.14 bits per heavy atom. The molecule has 0 atom stereocenters.